The van der Waals surface area contributed by atoms with Gasteiger partial charge in [0.25, 0.3) is 0 Å². The molecule has 0 atom stereocenters. The molecule has 5 nitrogen and oxygen atoms in total. The van der Waals surface area contributed by atoms with Gasteiger partial charge in [-0.1, -0.05) is 12.0 Å². The van der Waals surface area contributed by atoms with Gasteiger partial charge in [-0.15, -0.1) is 6.42 Å². The predicted molar refractivity (Wildman–Crippen MR) is 107 cm³/mol. The minimum Gasteiger partial charge on any atom is -0.357 e. The average molecular weight is 359 g/mol. The maximum atomic E-state index is 12.2. The SMILES string of the molecule is C#Cc1cccc(NC(=O)CN=C(NCC)N2CCSC(C)(C)C2)c1. The van der Waals surface area contributed by atoms with Crippen molar-refractivity contribution in [1.82, 2.24) is 10.2 Å². The molecule has 0 unspecified atom stereocenters. The first-order chi connectivity index (χ1) is 11.9. The first kappa shape index (κ1) is 19.2. The highest BCUT2D eigenvalue weighted by atomic mass is 32.2. The number of benzene rings is 1. The number of amides is 1. The highest BCUT2D eigenvalue weighted by Crippen LogP contribution is 2.29. The molecule has 1 aromatic rings. The van der Waals surface area contributed by atoms with Crippen molar-refractivity contribution in [3.63, 3.8) is 0 Å². The van der Waals surface area contributed by atoms with E-state index in [4.69, 9.17) is 6.42 Å². The zero-order valence-electron chi connectivity index (χ0n) is 15.1. The van der Waals surface area contributed by atoms with E-state index in [9.17, 15) is 4.79 Å². The molecule has 1 aliphatic heterocycles. The van der Waals surface area contributed by atoms with Gasteiger partial charge in [-0.05, 0) is 39.0 Å². The summed E-state index contributed by atoms with van der Waals surface area (Å²) in [5, 5.41) is 6.13. The fourth-order valence-electron chi connectivity index (χ4n) is 2.66. The molecule has 134 valence electrons. The molecule has 1 heterocycles. The van der Waals surface area contributed by atoms with Crippen molar-refractivity contribution < 1.29 is 4.79 Å². The molecule has 1 aromatic carbocycles. The van der Waals surface area contributed by atoms with E-state index in [1.54, 1.807) is 6.07 Å². The van der Waals surface area contributed by atoms with Crippen LogP contribution >= 0.6 is 11.8 Å². The van der Waals surface area contributed by atoms with Gasteiger partial charge < -0.3 is 15.5 Å². The van der Waals surface area contributed by atoms with Gasteiger partial charge in [0.1, 0.15) is 6.54 Å². The van der Waals surface area contributed by atoms with E-state index in [-0.39, 0.29) is 17.2 Å². The molecule has 1 fully saturated rings. The molecule has 1 saturated heterocycles. The second-order valence-electron chi connectivity index (χ2n) is 6.47. The first-order valence-electron chi connectivity index (χ1n) is 8.47. The van der Waals surface area contributed by atoms with Crippen molar-refractivity contribution in [2.45, 2.75) is 25.5 Å². The van der Waals surface area contributed by atoms with Crippen LogP contribution in [-0.4, -0.2) is 53.4 Å². The van der Waals surface area contributed by atoms with E-state index < -0.39 is 0 Å². The Labute approximate surface area is 154 Å². The number of thioether (sulfide) groups is 1. The summed E-state index contributed by atoms with van der Waals surface area (Å²) in [5.74, 6) is 4.26. The number of carbonyl (C=O) groups is 1. The summed E-state index contributed by atoms with van der Waals surface area (Å²) >= 11 is 1.97. The van der Waals surface area contributed by atoms with Crippen molar-refractivity contribution in [3.05, 3.63) is 29.8 Å². The fraction of sp³-hybridized carbons (Fsp3) is 0.474. The molecule has 1 amide bonds. The van der Waals surface area contributed by atoms with Crippen LogP contribution in [-0.2, 0) is 4.79 Å². The van der Waals surface area contributed by atoms with Gasteiger partial charge in [-0.2, -0.15) is 11.8 Å². The number of guanidine groups is 1. The summed E-state index contributed by atoms with van der Waals surface area (Å²) in [6, 6.07) is 7.24. The van der Waals surface area contributed by atoms with Gasteiger partial charge in [0, 0.05) is 41.4 Å². The Morgan fingerprint density at radius 3 is 2.96 bits per heavy atom. The lowest BCUT2D eigenvalue weighted by Crippen LogP contribution is -2.51. The molecule has 2 rings (SSSR count). The zero-order valence-corrected chi connectivity index (χ0v) is 15.9. The molecule has 25 heavy (non-hydrogen) atoms. The Balaban J connectivity index is 2.00. The van der Waals surface area contributed by atoms with Crippen molar-refractivity contribution >= 4 is 29.3 Å². The minimum absolute atomic E-state index is 0.0761. The Kier molecular flexibility index (Phi) is 6.77. The molecule has 0 saturated carbocycles. The molecular weight excluding hydrogens is 332 g/mol. The van der Waals surface area contributed by atoms with Crippen LogP contribution in [0, 0.1) is 12.3 Å². The monoisotopic (exact) mass is 358 g/mol. The molecule has 0 aromatic heterocycles. The molecule has 6 heteroatoms. The number of nitrogens with zero attached hydrogens (tertiary/aromatic N) is 2. The van der Waals surface area contributed by atoms with Crippen LogP contribution in [0.3, 0.4) is 0 Å². The summed E-state index contributed by atoms with van der Waals surface area (Å²) in [7, 11) is 0. The van der Waals surface area contributed by atoms with Crippen LogP contribution < -0.4 is 10.6 Å². The quantitative estimate of drug-likeness (QED) is 0.493. The number of aliphatic imine (C=N–C) groups is 1. The smallest absolute Gasteiger partial charge is 0.246 e. The van der Waals surface area contributed by atoms with E-state index in [0.29, 0.717) is 5.69 Å². The molecule has 0 spiro atoms. The highest BCUT2D eigenvalue weighted by Gasteiger charge is 2.28. The van der Waals surface area contributed by atoms with E-state index >= 15 is 0 Å². The van der Waals surface area contributed by atoms with Crippen molar-refractivity contribution in [2.24, 2.45) is 4.99 Å². The molecule has 2 N–H and O–H groups in total. The van der Waals surface area contributed by atoms with E-state index in [2.05, 4.69) is 40.3 Å². The van der Waals surface area contributed by atoms with Gasteiger partial charge in [0.2, 0.25) is 5.91 Å². The summed E-state index contributed by atoms with van der Waals surface area (Å²) in [5.41, 5.74) is 1.43. The second-order valence-corrected chi connectivity index (χ2v) is 8.28. The Morgan fingerprint density at radius 1 is 1.48 bits per heavy atom. The lowest BCUT2D eigenvalue weighted by molar-refractivity contribution is -0.114. The largest absolute Gasteiger partial charge is 0.357 e. The summed E-state index contributed by atoms with van der Waals surface area (Å²) in [6.45, 7) is 9.20. The average Bonchev–Trinajstić information content (AvgIpc) is 2.57. The number of nitrogens with one attached hydrogen (secondary N) is 2. The summed E-state index contributed by atoms with van der Waals surface area (Å²) < 4.78 is 0.187. The molecule has 0 radical (unpaired) electrons. The second kappa shape index (κ2) is 8.82. The van der Waals surface area contributed by atoms with Gasteiger partial charge >= 0.3 is 0 Å². The van der Waals surface area contributed by atoms with Gasteiger partial charge in [0.05, 0.1) is 0 Å². The standard InChI is InChI=1S/C19H26N4OS/c1-5-15-8-7-9-16(12-15)22-17(24)13-21-18(20-6-2)23-10-11-25-19(3,4)14-23/h1,7-9,12H,6,10-11,13-14H2,2-4H3,(H,20,21)(H,22,24). The third kappa shape index (κ3) is 6.02. The van der Waals surface area contributed by atoms with E-state index in [1.165, 1.54) is 0 Å². The van der Waals surface area contributed by atoms with Crippen molar-refractivity contribution in [1.29, 1.82) is 0 Å². The van der Waals surface area contributed by atoms with Gasteiger partial charge in [-0.3, -0.25) is 4.79 Å². The van der Waals surface area contributed by atoms with Crippen LogP contribution in [0.15, 0.2) is 29.3 Å². The summed E-state index contributed by atoms with van der Waals surface area (Å²) in [4.78, 5) is 19.0. The van der Waals surface area contributed by atoms with Crippen LogP contribution in [0.4, 0.5) is 5.69 Å². The predicted octanol–water partition coefficient (Wildman–Crippen LogP) is 2.40. The lowest BCUT2D eigenvalue weighted by Gasteiger charge is -2.39. The van der Waals surface area contributed by atoms with Crippen LogP contribution in [0.25, 0.3) is 0 Å². The maximum Gasteiger partial charge on any atom is 0.246 e. The summed E-state index contributed by atoms with van der Waals surface area (Å²) in [6.07, 6.45) is 5.39. The number of terminal acetylenes is 1. The third-order valence-electron chi connectivity index (χ3n) is 3.75. The number of rotatable bonds is 4. The molecule has 0 bridgehead atoms. The Hall–Kier alpha value is -2.13. The van der Waals surface area contributed by atoms with E-state index in [1.807, 2.05) is 36.9 Å². The highest BCUT2D eigenvalue weighted by molar-refractivity contribution is 8.00. The Morgan fingerprint density at radius 2 is 2.28 bits per heavy atom. The van der Waals surface area contributed by atoms with E-state index in [0.717, 1.165) is 36.9 Å². The van der Waals surface area contributed by atoms with Gasteiger partial charge in [-0.25, -0.2) is 4.99 Å². The maximum absolute atomic E-state index is 12.2. The molecular formula is C19H26N4OS. The van der Waals surface area contributed by atoms with Gasteiger partial charge in [0.15, 0.2) is 5.96 Å². The third-order valence-corrected chi connectivity index (χ3v) is 5.04. The normalized spacial score (nSPS) is 16.9. The van der Waals surface area contributed by atoms with Crippen molar-refractivity contribution in [3.8, 4) is 12.3 Å². The van der Waals surface area contributed by atoms with Crippen LogP contribution in [0.5, 0.6) is 0 Å². The Bertz CT molecular complexity index is 678. The minimum atomic E-state index is -0.157. The number of hydrogen-bond acceptors (Lipinski definition) is 3. The van der Waals surface area contributed by atoms with Crippen LogP contribution in [0.2, 0.25) is 0 Å². The first-order valence-corrected chi connectivity index (χ1v) is 9.46. The molecule has 1 aliphatic rings. The number of carbonyl (C=O) groups excluding carboxylic acids is 1. The lowest BCUT2D eigenvalue weighted by atomic mass is 10.2. The topological polar surface area (TPSA) is 56.7 Å². The fourth-order valence-corrected chi connectivity index (χ4v) is 3.77. The zero-order chi connectivity index (χ0) is 18.3. The molecule has 0 aliphatic carbocycles. The van der Waals surface area contributed by atoms with Crippen LogP contribution in [0.1, 0.15) is 26.3 Å². The van der Waals surface area contributed by atoms with Crippen molar-refractivity contribution in [2.75, 3.05) is 37.2 Å². The number of anilines is 1. The number of hydrogen-bond donors (Lipinski definition) is 2.